The zero-order valence-corrected chi connectivity index (χ0v) is 19.6. The van der Waals surface area contributed by atoms with Gasteiger partial charge in [-0.15, -0.1) is 0 Å². The third-order valence-electron chi connectivity index (χ3n) is 5.97. The number of benzene rings is 1. The molecular formula is C23H32N6O3. The van der Waals surface area contributed by atoms with Gasteiger partial charge in [0.15, 0.2) is 5.82 Å². The van der Waals surface area contributed by atoms with Gasteiger partial charge in [0.05, 0.1) is 19.0 Å². The Hall–Kier alpha value is -3.36. The number of carbonyl (C=O) groups is 2. The van der Waals surface area contributed by atoms with Gasteiger partial charge in [0.1, 0.15) is 17.5 Å². The number of anilines is 4. The van der Waals surface area contributed by atoms with Crippen molar-refractivity contribution in [2.75, 3.05) is 36.3 Å². The molecule has 1 aromatic carbocycles. The summed E-state index contributed by atoms with van der Waals surface area (Å²) in [5.74, 6) is 1.50. The molecule has 9 nitrogen and oxygen atoms in total. The van der Waals surface area contributed by atoms with Gasteiger partial charge < -0.3 is 25.2 Å². The quantitative estimate of drug-likeness (QED) is 0.649. The summed E-state index contributed by atoms with van der Waals surface area (Å²) < 4.78 is 5.46. The van der Waals surface area contributed by atoms with Crippen molar-refractivity contribution in [3.05, 3.63) is 30.0 Å². The molecule has 1 aliphatic heterocycles. The average molecular weight is 441 g/mol. The topological polar surface area (TPSA) is 99.7 Å². The van der Waals surface area contributed by atoms with Gasteiger partial charge in [0.25, 0.3) is 5.91 Å². The molecule has 172 valence electrons. The highest BCUT2D eigenvalue weighted by molar-refractivity contribution is 6.04. The second-order valence-corrected chi connectivity index (χ2v) is 7.72. The van der Waals surface area contributed by atoms with E-state index in [2.05, 4.69) is 34.4 Å². The van der Waals surface area contributed by atoms with E-state index in [1.165, 1.54) is 0 Å². The molecule has 2 aromatic rings. The summed E-state index contributed by atoms with van der Waals surface area (Å²) in [5, 5.41) is 5.81. The highest BCUT2D eigenvalue weighted by Crippen LogP contribution is 2.38. The van der Waals surface area contributed by atoms with Crippen molar-refractivity contribution in [1.29, 1.82) is 0 Å². The van der Waals surface area contributed by atoms with Crippen molar-refractivity contribution in [1.82, 2.24) is 15.3 Å². The molecule has 1 unspecified atom stereocenters. The zero-order valence-electron chi connectivity index (χ0n) is 19.6. The van der Waals surface area contributed by atoms with Crippen LogP contribution >= 0.6 is 0 Å². The fourth-order valence-corrected chi connectivity index (χ4v) is 4.14. The molecule has 0 fully saturated rings. The lowest BCUT2D eigenvalue weighted by atomic mass is 10.0. The maximum atomic E-state index is 13.0. The Labute approximate surface area is 189 Å². The van der Waals surface area contributed by atoms with E-state index in [0.29, 0.717) is 35.1 Å². The van der Waals surface area contributed by atoms with Gasteiger partial charge in [-0.2, -0.15) is 4.98 Å². The Morgan fingerprint density at radius 2 is 1.97 bits per heavy atom. The first-order valence-electron chi connectivity index (χ1n) is 11.0. The van der Waals surface area contributed by atoms with Crippen LogP contribution in [-0.2, 0) is 4.79 Å². The highest BCUT2D eigenvalue weighted by atomic mass is 16.5. The van der Waals surface area contributed by atoms with Gasteiger partial charge in [-0.25, -0.2) is 4.98 Å². The maximum absolute atomic E-state index is 13.0. The first-order chi connectivity index (χ1) is 15.4. The van der Waals surface area contributed by atoms with E-state index in [0.717, 1.165) is 18.7 Å². The Balaban J connectivity index is 2.03. The summed E-state index contributed by atoms with van der Waals surface area (Å²) in [6, 6.07) is 5.06. The fourth-order valence-electron chi connectivity index (χ4n) is 4.14. The number of hydrogen-bond donors (Lipinski definition) is 2. The molecule has 0 saturated carbocycles. The minimum Gasteiger partial charge on any atom is -0.495 e. The van der Waals surface area contributed by atoms with Gasteiger partial charge >= 0.3 is 0 Å². The van der Waals surface area contributed by atoms with E-state index in [4.69, 9.17) is 9.72 Å². The molecule has 1 atom stereocenters. The zero-order chi connectivity index (χ0) is 23.4. The number of aromatic nitrogens is 2. The first-order valence-corrected chi connectivity index (χ1v) is 11.0. The second kappa shape index (κ2) is 9.84. The van der Waals surface area contributed by atoms with Crippen LogP contribution in [0.1, 0.15) is 50.4 Å². The summed E-state index contributed by atoms with van der Waals surface area (Å²) in [7, 11) is 4.90. The third kappa shape index (κ3) is 4.19. The standard InChI is InChI=1S/C23H32N6O3/c1-7-15(8-2)29-17(9-3)22(31)28(5)18-13-25-23(27-20(18)29)26-16-11-10-14(21(30)24-4)12-19(16)32-6/h10-13,15,17H,7-9H2,1-6H3,(H,24,30)(H,25,26,27). The number of methoxy groups -OCH3 is 1. The molecule has 0 bridgehead atoms. The molecule has 0 saturated heterocycles. The first kappa shape index (κ1) is 23.3. The monoisotopic (exact) mass is 440 g/mol. The predicted octanol–water partition coefficient (Wildman–Crippen LogP) is 3.34. The number of likely N-dealkylation sites (N-methyl/N-ethyl adjacent to an activating group) is 1. The van der Waals surface area contributed by atoms with Crippen molar-refractivity contribution in [3.63, 3.8) is 0 Å². The Bertz CT molecular complexity index is 992. The number of carbonyl (C=O) groups excluding carboxylic acids is 2. The normalized spacial score (nSPS) is 15.6. The molecule has 1 aromatic heterocycles. The molecule has 32 heavy (non-hydrogen) atoms. The van der Waals surface area contributed by atoms with Crippen LogP contribution in [0, 0.1) is 0 Å². The Morgan fingerprint density at radius 1 is 1.25 bits per heavy atom. The van der Waals surface area contributed by atoms with E-state index >= 15 is 0 Å². The predicted molar refractivity (Wildman–Crippen MR) is 126 cm³/mol. The second-order valence-electron chi connectivity index (χ2n) is 7.72. The van der Waals surface area contributed by atoms with E-state index in [-0.39, 0.29) is 23.9 Å². The molecule has 3 rings (SSSR count). The highest BCUT2D eigenvalue weighted by Gasteiger charge is 2.39. The van der Waals surface area contributed by atoms with Gasteiger partial charge in [0, 0.05) is 25.7 Å². The number of amides is 2. The summed E-state index contributed by atoms with van der Waals surface area (Å²) in [6.45, 7) is 6.28. The molecule has 0 aliphatic carbocycles. The summed E-state index contributed by atoms with van der Waals surface area (Å²) in [6.07, 6.45) is 4.19. The molecule has 2 amide bonds. The molecule has 9 heteroatoms. The average Bonchev–Trinajstić information content (AvgIpc) is 2.82. The van der Waals surface area contributed by atoms with E-state index in [1.807, 2.05) is 6.92 Å². The minimum absolute atomic E-state index is 0.0580. The van der Waals surface area contributed by atoms with Crippen molar-refractivity contribution >= 4 is 35.0 Å². The van der Waals surface area contributed by atoms with Crippen LogP contribution in [0.25, 0.3) is 0 Å². The minimum atomic E-state index is -0.262. The van der Waals surface area contributed by atoms with Crippen LogP contribution in [0.2, 0.25) is 0 Å². The van der Waals surface area contributed by atoms with Gasteiger partial charge in [0.2, 0.25) is 11.9 Å². The fraction of sp³-hybridized carbons (Fsp3) is 0.478. The van der Waals surface area contributed by atoms with Crippen LogP contribution in [-0.4, -0.2) is 55.1 Å². The van der Waals surface area contributed by atoms with Gasteiger partial charge in [-0.1, -0.05) is 20.8 Å². The Kier molecular flexibility index (Phi) is 7.17. The van der Waals surface area contributed by atoms with Crippen molar-refractivity contribution in [2.45, 2.75) is 52.1 Å². The largest absolute Gasteiger partial charge is 0.495 e. The number of hydrogen-bond acceptors (Lipinski definition) is 7. The maximum Gasteiger partial charge on any atom is 0.251 e. The molecule has 0 radical (unpaired) electrons. The molecule has 2 heterocycles. The third-order valence-corrected chi connectivity index (χ3v) is 5.97. The summed E-state index contributed by atoms with van der Waals surface area (Å²) >= 11 is 0. The van der Waals surface area contributed by atoms with Crippen LogP contribution < -0.4 is 25.2 Å². The lowest BCUT2D eigenvalue weighted by Crippen LogP contribution is -2.56. The number of rotatable bonds is 8. The van der Waals surface area contributed by atoms with Gasteiger partial charge in [-0.3, -0.25) is 9.59 Å². The molecule has 1 aliphatic rings. The number of ether oxygens (including phenoxy) is 1. The van der Waals surface area contributed by atoms with Gasteiger partial charge in [-0.05, 0) is 37.5 Å². The van der Waals surface area contributed by atoms with E-state index in [9.17, 15) is 9.59 Å². The van der Waals surface area contributed by atoms with E-state index in [1.54, 1.807) is 50.5 Å². The van der Waals surface area contributed by atoms with Crippen LogP contribution in [0.15, 0.2) is 24.4 Å². The van der Waals surface area contributed by atoms with Crippen molar-refractivity contribution in [3.8, 4) is 5.75 Å². The number of nitrogens with zero attached hydrogens (tertiary/aromatic N) is 4. The van der Waals surface area contributed by atoms with Crippen molar-refractivity contribution < 1.29 is 14.3 Å². The number of fused-ring (bicyclic) bond motifs is 1. The molecule has 2 N–H and O–H groups in total. The van der Waals surface area contributed by atoms with Crippen LogP contribution in [0.5, 0.6) is 5.75 Å². The van der Waals surface area contributed by atoms with Crippen molar-refractivity contribution in [2.24, 2.45) is 0 Å². The lowest BCUT2D eigenvalue weighted by molar-refractivity contribution is -0.120. The summed E-state index contributed by atoms with van der Waals surface area (Å²) in [5.41, 5.74) is 1.83. The summed E-state index contributed by atoms with van der Waals surface area (Å²) in [4.78, 5) is 38.0. The lowest BCUT2D eigenvalue weighted by Gasteiger charge is -2.44. The van der Waals surface area contributed by atoms with E-state index < -0.39 is 0 Å². The SMILES string of the molecule is CCC(CC)N1c2nc(Nc3ccc(C(=O)NC)cc3OC)ncc2N(C)C(=O)C1CC. The number of nitrogens with one attached hydrogen (secondary N) is 2. The van der Waals surface area contributed by atoms with Crippen LogP contribution in [0.3, 0.4) is 0 Å². The molecular weight excluding hydrogens is 408 g/mol. The Morgan fingerprint density at radius 3 is 2.56 bits per heavy atom. The smallest absolute Gasteiger partial charge is 0.251 e. The molecule has 0 spiro atoms. The van der Waals surface area contributed by atoms with Crippen LogP contribution in [0.4, 0.5) is 23.1 Å².